The molecule has 5 aromatic rings. The normalized spacial score (nSPS) is 10.8. The van der Waals surface area contributed by atoms with Gasteiger partial charge in [-0.25, -0.2) is 4.98 Å². The van der Waals surface area contributed by atoms with Crippen LogP contribution in [0, 0.1) is 0 Å². The number of rotatable bonds is 5. The molecule has 0 aliphatic heterocycles. The molecule has 2 heterocycles. The number of aromatic nitrogens is 2. The lowest BCUT2D eigenvalue weighted by molar-refractivity contribution is -0.116. The van der Waals surface area contributed by atoms with Crippen LogP contribution in [0.15, 0.2) is 102 Å². The number of hydrogen-bond donors (Lipinski definition) is 2. The van der Waals surface area contributed by atoms with E-state index in [-0.39, 0.29) is 23.8 Å². The Labute approximate surface area is 194 Å². The van der Waals surface area contributed by atoms with Gasteiger partial charge in [-0.1, -0.05) is 36.4 Å². The molecule has 0 saturated carbocycles. The molecule has 0 aliphatic carbocycles. The molecule has 2 amide bonds. The smallest absolute Gasteiger partial charge is 0.256 e. The van der Waals surface area contributed by atoms with Gasteiger partial charge in [0.1, 0.15) is 12.4 Å². The quantitative estimate of drug-likeness (QED) is 0.389. The van der Waals surface area contributed by atoms with Crippen molar-refractivity contribution in [2.75, 3.05) is 10.6 Å². The Morgan fingerprint density at radius 2 is 1.44 bits per heavy atom. The van der Waals surface area contributed by atoms with E-state index >= 15 is 0 Å². The van der Waals surface area contributed by atoms with Crippen LogP contribution in [0.5, 0.6) is 0 Å². The number of anilines is 2. The minimum Gasteiger partial charge on any atom is -0.331 e. The van der Waals surface area contributed by atoms with Crippen molar-refractivity contribution >= 4 is 45.1 Å². The Balaban J connectivity index is 1.41. The number of nitrogens with one attached hydrogen (secondary N) is 2. The molecule has 0 radical (unpaired) electrons. The van der Waals surface area contributed by atoms with E-state index in [2.05, 4.69) is 15.6 Å². The second kappa shape index (κ2) is 8.99. The molecule has 0 unspecified atom stereocenters. The van der Waals surface area contributed by atoms with Crippen LogP contribution in [0.1, 0.15) is 10.4 Å². The van der Waals surface area contributed by atoms with Gasteiger partial charge in [-0.2, -0.15) is 0 Å². The van der Waals surface area contributed by atoms with Crippen LogP contribution in [0.2, 0.25) is 0 Å². The van der Waals surface area contributed by atoms with E-state index in [1.165, 1.54) is 0 Å². The summed E-state index contributed by atoms with van der Waals surface area (Å²) in [6, 6.07) is 26.4. The zero-order valence-electron chi connectivity index (χ0n) is 18.1. The van der Waals surface area contributed by atoms with Gasteiger partial charge in [0.25, 0.3) is 5.91 Å². The number of hydrogen-bond acceptors (Lipinski definition) is 4. The highest BCUT2D eigenvalue weighted by Crippen LogP contribution is 2.20. The first-order chi connectivity index (χ1) is 16.6. The summed E-state index contributed by atoms with van der Waals surface area (Å²) in [6.45, 7) is 0.00562. The second-order valence-electron chi connectivity index (χ2n) is 7.75. The zero-order valence-corrected chi connectivity index (χ0v) is 18.1. The molecule has 7 heteroatoms. The number of benzene rings is 3. The molecule has 2 aromatic heterocycles. The molecule has 34 heavy (non-hydrogen) atoms. The van der Waals surface area contributed by atoms with Crippen molar-refractivity contribution in [2.24, 2.45) is 0 Å². The number of pyridine rings is 2. The van der Waals surface area contributed by atoms with Crippen LogP contribution >= 0.6 is 0 Å². The SMILES string of the molecule is O=C(Cn1c2ccccc2c(=O)c2ccccc21)Nc1cccc(C(=O)Nc2ccccn2)c1. The first-order valence-corrected chi connectivity index (χ1v) is 10.7. The van der Waals surface area contributed by atoms with Crippen LogP contribution in [0.3, 0.4) is 0 Å². The average Bonchev–Trinajstić information content (AvgIpc) is 2.87. The van der Waals surface area contributed by atoms with Gasteiger partial charge >= 0.3 is 0 Å². The van der Waals surface area contributed by atoms with E-state index in [1.807, 2.05) is 41.0 Å². The van der Waals surface area contributed by atoms with Gasteiger partial charge < -0.3 is 15.2 Å². The molecule has 0 saturated heterocycles. The molecule has 166 valence electrons. The second-order valence-corrected chi connectivity index (χ2v) is 7.75. The number of fused-ring (bicyclic) bond motifs is 2. The Bertz CT molecular complexity index is 1530. The Morgan fingerprint density at radius 1 is 0.765 bits per heavy atom. The van der Waals surface area contributed by atoms with Crippen molar-refractivity contribution in [3.63, 3.8) is 0 Å². The maximum absolute atomic E-state index is 13.0. The van der Waals surface area contributed by atoms with E-state index in [9.17, 15) is 14.4 Å². The Kier molecular flexibility index (Phi) is 5.58. The lowest BCUT2D eigenvalue weighted by Gasteiger charge is -2.15. The van der Waals surface area contributed by atoms with Gasteiger partial charge in [-0.15, -0.1) is 0 Å². The van der Waals surface area contributed by atoms with E-state index in [0.717, 1.165) is 0 Å². The zero-order chi connectivity index (χ0) is 23.5. The lowest BCUT2D eigenvalue weighted by Crippen LogP contribution is -2.22. The first-order valence-electron chi connectivity index (χ1n) is 10.7. The molecule has 0 bridgehead atoms. The summed E-state index contributed by atoms with van der Waals surface area (Å²) >= 11 is 0. The van der Waals surface area contributed by atoms with Crippen molar-refractivity contribution in [3.05, 3.63) is 113 Å². The van der Waals surface area contributed by atoms with Gasteiger partial charge in [0.15, 0.2) is 5.43 Å². The monoisotopic (exact) mass is 448 g/mol. The topological polar surface area (TPSA) is 93.1 Å². The summed E-state index contributed by atoms with van der Waals surface area (Å²) in [5.74, 6) is -0.160. The van der Waals surface area contributed by atoms with Crippen LogP contribution in [0.25, 0.3) is 21.8 Å². The lowest BCUT2D eigenvalue weighted by atomic mass is 10.1. The third-order valence-electron chi connectivity index (χ3n) is 5.50. The van der Waals surface area contributed by atoms with Crippen molar-refractivity contribution in [1.82, 2.24) is 9.55 Å². The van der Waals surface area contributed by atoms with Crippen LogP contribution < -0.4 is 16.1 Å². The average molecular weight is 448 g/mol. The highest BCUT2D eigenvalue weighted by molar-refractivity contribution is 6.05. The van der Waals surface area contributed by atoms with Crippen molar-refractivity contribution in [3.8, 4) is 0 Å². The third-order valence-corrected chi connectivity index (χ3v) is 5.50. The fourth-order valence-corrected chi connectivity index (χ4v) is 3.95. The predicted molar refractivity (Wildman–Crippen MR) is 133 cm³/mol. The number of para-hydroxylation sites is 2. The van der Waals surface area contributed by atoms with Gasteiger partial charge in [0, 0.05) is 28.2 Å². The minimum atomic E-state index is -0.327. The molecule has 3 aromatic carbocycles. The number of carbonyl (C=O) groups is 2. The van der Waals surface area contributed by atoms with Gasteiger partial charge in [0.2, 0.25) is 5.91 Å². The molecule has 7 nitrogen and oxygen atoms in total. The van der Waals surface area contributed by atoms with E-state index in [1.54, 1.807) is 60.8 Å². The van der Waals surface area contributed by atoms with Crippen molar-refractivity contribution in [1.29, 1.82) is 0 Å². The van der Waals surface area contributed by atoms with Crippen LogP contribution in [0.4, 0.5) is 11.5 Å². The van der Waals surface area contributed by atoms with E-state index in [4.69, 9.17) is 0 Å². The molecule has 5 rings (SSSR count). The van der Waals surface area contributed by atoms with Gasteiger partial charge in [-0.3, -0.25) is 14.4 Å². The maximum atomic E-state index is 13.0. The van der Waals surface area contributed by atoms with Crippen LogP contribution in [-0.2, 0) is 11.3 Å². The molecule has 0 atom stereocenters. The van der Waals surface area contributed by atoms with Crippen molar-refractivity contribution < 1.29 is 9.59 Å². The predicted octanol–water partition coefficient (Wildman–Crippen LogP) is 4.44. The molecule has 0 spiro atoms. The fraction of sp³-hybridized carbons (Fsp3) is 0.0370. The highest BCUT2D eigenvalue weighted by atomic mass is 16.2. The fourth-order valence-electron chi connectivity index (χ4n) is 3.95. The van der Waals surface area contributed by atoms with Crippen LogP contribution in [-0.4, -0.2) is 21.4 Å². The standard InChI is InChI=1S/C27H20N4O3/c32-25(29-19-9-7-8-18(16-19)27(34)30-24-14-5-6-15-28-24)17-31-22-12-3-1-10-20(22)26(33)21-11-2-4-13-23(21)31/h1-16H,17H2,(H,29,32)(H,28,30,34). The van der Waals surface area contributed by atoms with E-state index in [0.29, 0.717) is 38.9 Å². The Hall–Kier alpha value is -4.78. The summed E-state index contributed by atoms with van der Waals surface area (Å²) < 4.78 is 1.83. The summed E-state index contributed by atoms with van der Waals surface area (Å²) in [5, 5.41) is 6.70. The van der Waals surface area contributed by atoms with Gasteiger partial charge in [0.05, 0.1) is 11.0 Å². The van der Waals surface area contributed by atoms with Crippen molar-refractivity contribution in [2.45, 2.75) is 6.54 Å². The molecule has 0 aliphatic rings. The summed E-state index contributed by atoms with van der Waals surface area (Å²) in [4.78, 5) is 42.6. The third kappa shape index (κ3) is 4.14. The number of nitrogens with zero attached hydrogens (tertiary/aromatic N) is 2. The molecular formula is C27H20N4O3. The highest BCUT2D eigenvalue weighted by Gasteiger charge is 2.14. The molecular weight excluding hydrogens is 428 g/mol. The Morgan fingerprint density at radius 3 is 2.12 bits per heavy atom. The first kappa shape index (κ1) is 21.1. The molecule has 2 N–H and O–H groups in total. The van der Waals surface area contributed by atoms with Gasteiger partial charge in [-0.05, 0) is 54.6 Å². The summed E-state index contributed by atoms with van der Waals surface area (Å²) in [7, 11) is 0. The molecule has 0 fully saturated rings. The van der Waals surface area contributed by atoms with E-state index < -0.39 is 0 Å². The number of amides is 2. The summed E-state index contributed by atoms with van der Waals surface area (Å²) in [6.07, 6.45) is 1.59. The maximum Gasteiger partial charge on any atom is 0.256 e. The summed E-state index contributed by atoms with van der Waals surface area (Å²) in [5.41, 5.74) is 2.19. The largest absolute Gasteiger partial charge is 0.331 e. The minimum absolute atomic E-state index is 0.00562. The number of carbonyl (C=O) groups excluding carboxylic acids is 2.